The van der Waals surface area contributed by atoms with Gasteiger partial charge in [0.2, 0.25) is 15.9 Å². The first-order chi connectivity index (χ1) is 15.0. The number of amides is 1. The zero-order chi connectivity index (χ0) is 23.5. The van der Waals surface area contributed by atoms with Crippen molar-refractivity contribution in [2.24, 2.45) is 0 Å². The van der Waals surface area contributed by atoms with Crippen molar-refractivity contribution in [1.29, 1.82) is 0 Å². The zero-order valence-corrected chi connectivity index (χ0v) is 18.3. The van der Waals surface area contributed by atoms with Gasteiger partial charge in [0.1, 0.15) is 6.10 Å². The number of benzene rings is 1. The Morgan fingerprint density at radius 1 is 1.31 bits per heavy atom. The second kappa shape index (κ2) is 9.41. The number of rotatable bonds is 6. The van der Waals surface area contributed by atoms with Gasteiger partial charge in [-0.05, 0) is 49.6 Å². The van der Waals surface area contributed by atoms with Crippen LogP contribution in [-0.4, -0.2) is 47.8 Å². The van der Waals surface area contributed by atoms with Crippen LogP contribution in [0.4, 0.5) is 18.9 Å². The number of halogens is 3. The highest BCUT2D eigenvalue weighted by Gasteiger charge is 2.35. The Balaban J connectivity index is 1.75. The van der Waals surface area contributed by atoms with E-state index in [2.05, 4.69) is 15.3 Å². The molecule has 12 heteroatoms. The number of nitrogens with zero attached hydrogens (tertiary/aromatic N) is 3. The molecule has 174 valence electrons. The van der Waals surface area contributed by atoms with Crippen LogP contribution >= 0.6 is 0 Å². The maximum atomic E-state index is 13.2. The van der Waals surface area contributed by atoms with E-state index in [9.17, 15) is 26.4 Å². The molecule has 0 saturated carbocycles. The number of aryl methyl sites for hydroxylation is 1. The van der Waals surface area contributed by atoms with Crippen LogP contribution in [0.15, 0.2) is 35.4 Å². The summed E-state index contributed by atoms with van der Waals surface area (Å²) in [6, 6.07) is 4.81. The molecule has 1 fully saturated rings. The highest BCUT2D eigenvalue weighted by molar-refractivity contribution is 7.89. The van der Waals surface area contributed by atoms with Gasteiger partial charge in [-0.1, -0.05) is 6.92 Å². The fourth-order valence-corrected chi connectivity index (χ4v) is 5.05. The number of hydrogen-bond acceptors (Lipinski definition) is 6. The second-order valence-corrected chi connectivity index (χ2v) is 9.26. The van der Waals surface area contributed by atoms with Crippen molar-refractivity contribution in [2.75, 3.05) is 18.4 Å². The molecule has 1 atom stereocenters. The summed E-state index contributed by atoms with van der Waals surface area (Å²) in [4.78, 5) is 18.7. The lowest BCUT2D eigenvalue weighted by Gasteiger charge is -2.32. The van der Waals surface area contributed by atoms with E-state index >= 15 is 0 Å². The van der Waals surface area contributed by atoms with Crippen LogP contribution in [0.2, 0.25) is 0 Å². The molecule has 1 aliphatic rings. The Bertz CT molecular complexity index is 1090. The van der Waals surface area contributed by atoms with Crippen LogP contribution in [0, 0.1) is 6.92 Å². The van der Waals surface area contributed by atoms with Crippen molar-refractivity contribution < 1.29 is 31.1 Å². The van der Waals surface area contributed by atoms with Gasteiger partial charge in [-0.15, -0.1) is 0 Å². The number of piperidine rings is 1. The van der Waals surface area contributed by atoms with Crippen LogP contribution in [-0.2, 0) is 21.0 Å². The molecule has 8 nitrogen and oxygen atoms in total. The van der Waals surface area contributed by atoms with Gasteiger partial charge in [0.15, 0.2) is 5.69 Å². The van der Waals surface area contributed by atoms with Crippen LogP contribution in [0.3, 0.4) is 0 Å². The first kappa shape index (κ1) is 23.9. The third kappa shape index (κ3) is 5.54. The topological polar surface area (TPSA) is 101 Å². The van der Waals surface area contributed by atoms with E-state index in [4.69, 9.17) is 4.74 Å². The molecule has 1 saturated heterocycles. The summed E-state index contributed by atoms with van der Waals surface area (Å²) < 4.78 is 71.6. The van der Waals surface area contributed by atoms with E-state index in [0.717, 1.165) is 12.3 Å². The van der Waals surface area contributed by atoms with E-state index in [1.807, 2.05) is 0 Å². The molecule has 1 unspecified atom stereocenters. The molecule has 0 bridgehead atoms. The van der Waals surface area contributed by atoms with Gasteiger partial charge in [-0.3, -0.25) is 4.79 Å². The standard InChI is InChI=1S/C20H23F3N4O4S/c1-3-18(28)25-14-6-7-16(13(2)11-14)32(29,30)27-10-4-5-15(12-27)31-19-24-9-8-17(26-19)20(21,22)23/h6-9,11,15H,3-5,10,12H2,1-2H3,(H,25,28). The van der Waals surface area contributed by atoms with Crippen LogP contribution in [0.5, 0.6) is 6.01 Å². The van der Waals surface area contributed by atoms with Crippen molar-refractivity contribution >= 4 is 21.6 Å². The highest BCUT2D eigenvalue weighted by Crippen LogP contribution is 2.29. The van der Waals surface area contributed by atoms with Gasteiger partial charge in [0, 0.05) is 24.8 Å². The number of nitrogens with one attached hydrogen (secondary N) is 1. The van der Waals surface area contributed by atoms with E-state index in [1.54, 1.807) is 19.9 Å². The SMILES string of the molecule is CCC(=O)Nc1ccc(S(=O)(=O)N2CCCC(Oc3nccc(C(F)(F)F)n3)C2)c(C)c1. The molecule has 1 amide bonds. The minimum Gasteiger partial charge on any atom is -0.459 e. The number of ether oxygens (including phenoxy) is 1. The van der Waals surface area contributed by atoms with Crippen molar-refractivity contribution in [3.05, 3.63) is 41.7 Å². The number of carbonyl (C=O) groups is 1. The normalized spacial score (nSPS) is 17.7. The van der Waals surface area contributed by atoms with Crippen LogP contribution in [0.1, 0.15) is 37.4 Å². The minimum absolute atomic E-state index is 0.0459. The predicted octanol–water partition coefficient (Wildman–Crippen LogP) is 3.38. The van der Waals surface area contributed by atoms with Crippen molar-refractivity contribution in [3.63, 3.8) is 0 Å². The van der Waals surface area contributed by atoms with E-state index in [-0.39, 0.29) is 23.9 Å². The summed E-state index contributed by atoms with van der Waals surface area (Å²) in [5.74, 6) is -0.187. The van der Waals surface area contributed by atoms with Crippen molar-refractivity contribution in [1.82, 2.24) is 14.3 Å². The average molecular weight is 472 g/mol. The van der Waals surface area contributed by atoms with E-state index in [0.29, 0.717) is 30.5 Å². The average Bonchev–Trinajstić information content (AvgIpc) is 2.73. The lowest BCUT2D eigenvalue weighted by molar-refractivity contribution is -0.141. The molecule has 32 heavy (non-hydrogen) atoms. The van der Waals surface area contributed by atoms with Gasteiger partial charge < -0.3 is 10.1 Å². The summed E-state index contributed by atoms with van der Waals surface area (Å²) >= 11 is 0. The molecule has 3 rings (SSSR count). The minimum atomic E-state index is -4.64. The van der Waals surface area contributed by atoms with Crippen molar-refractivity contribution in [3.8, 4) is 6.01 Å². The molecular formula is C20H23F3N4O4S. The first-order valence-corrected chi connectivity index (χ1v) is 11.4. The third-order valence-electron chi connectivity index (χ3n) is 4.93. The predicted molar refractivity (Wildman–Crippen MR) is 110 cm³/mol. The number of alkyl halides is 3. The quantitative estimate of drug-likeness (QED) is 0.692. The lowest BCUT2D eigenvalue weighted by atomic mass is 10.1. The molecule has 0 spiro atoms. The summed E-state index contributed by atoms with van der Waals surface area (Å²) in [5, 5.41) is 2.68. The summed E-state index contributed by atoms with van der Waals surface area (Å²) in [7, 11) is -3.88. The van der Waals surface area contributed by atoms with Gasteiger partial charge >= 0.3 is 12.2 Å². The Hall–Kier alpha value is -2.73. The van der Waals surface area contributed by atoms with E-state index < -0.39 is 34.0 Å². The smallest absolute Gasteiger partial charge is 0.433 e. The molecule has 1 aromatic carbocycles. The molecule has 2 aromatic rings. The lowest BCUT2D eigenvalue weighted by Crippen LogP contribution is -2.44. The molecule has 0 aliphatic carbocycles. The summed E-state index contributed by atoms with van der Waals surface area (Å²) in [5.41, 5.74) is -0.174. The molecule has 1 aromatic heterocycles. The third-order valence-corrected chi connectivity index (χ3v) is 6.96. The largest absolute Gasteiger partial charge is 0.459 e. The maximum absolute atomic E-state index is 13.2. The number of anilines is 1. The first-order valence-electron chi connectivity index (χ1n) is 9.98. The summed E-state index contributed by atoms with van der Waals surface area (Å²) in [6.07, 6.45) is -3.16. The molecule has 1 N–H and O–H groups in total. The number of sulfonamides is 1. The Labute approximate surface area is 183 Å². The molecular weight excluding hydrogens is 449 g/mol. The van der Waals surface area contributed by atoms with Gasteiger partial charge in [-0.25, -0.2) is 13.4 Å². The zero-order valence-electron chi connectivity index (χ0n) is 17.5. The second-order valence-electron chi connectivity index (χ2n) is 7.35. The monoisotopic (exact) mass is 472 g/mol. The maximum Gasteiger partial charge on any atom is 0.433 e. The summed E-state index contributed by atoms with van der Waals surface area (Å²) in [6.45, 7) is 3.54. The number of carbonyl (C=O) groups excluding carboxylic acids is 1. The Kier molecular flexibility index (Phi) is 7.03. The van der Waals surface area contributed by atoms with Gasteiger partial charge in [0.05, 0.1) is 11.4 Å². The van der Waals surface area contributed by atoms with Gasteiger partial charge in [0.25, 0.3) is 0 Å². The van der Waals surface area contributed by atoms with Crippen molar-refractivity contribution in [2.45, 2.75) is 50.3 Å². The number of aromatic nitrogens is 2. The highest BCUT2D eigenvalue weighted by atomic mass is 32.2. The molecule has 1 aliphatic heterocycles. The van der Waals surface area contributed by atoms with E-state index in [1.165, 1.54) is 16.4 Å². The van der Waals surface area contributed by atoms with Crippen LogP contribution < -0.4 is 10.1 Å². The Morgan fingerprint density at radius 3 is 2.72 bits per heavy atom. The number of hydrogen-bond donors (Lipinski definition) is 1. The molecule has 0 radical (unpaired) electrons. The Morgan fingerprint density at radius 2 is 2.06 bits per heavy atom. The van der Waals surface area contributed by atoms with Gasteiger partial charge in [-0.2, -0.15) is 22.5 Å². The fourth-order valence-electron chi connectivity index (χ4n) is 3.33. The van der Waals surface area contributed by atoms with Crippen LogP contribution in [0.25, 0.3) is 0 Å². The fraction of sp³-hybridized carbons (Fsp3) is 0.450. The molecule has 2 heterocycles.